The number of amides is 1. The lowest BCUT2D eigenvalue weighted by Gasteiger charge is -2.05. The van der Waals surface area contributed by atoms with Crippen LogP contribution < -0.4 is 10.6 Å². The Balaban J connectivity index is 1.70. The highest BCUT2D eigenvalue weighted by molar-refractivity contribution is 5.76. The predicted octanol–water partition coefficient (Wildman–Crippen LogP) is 0.577. The van der Waals surface area contributed by atoms with Crippen LogP contribution in [0, 0.1) is 0 Å². The Morgan fingerprint density at radius 3 is 3.15 bits per heavy atom. The summed E-state index contributed by atoms with van der Waals surface area (Å²) in [5, 5.41) is 10.3. The van der Waals surface area contributed by atoms with Crippen molar-refractivity contribution < 1.29 is 9.53 Å². The quantitative estimate of drug-likeness (QED) is 0.692. The molecule has 0 spiro atoms. The van der Waals surface area contributed by atoms with Crippen molar-refractivity contribution in [3.63, 3.8) is 0 Å². The van der Waals surface area contributed by atoms with Crippen molar-refractivity contribution in [2.75, 3.05) is 26.8 Å². The van der Waals surface area contributed by atoms with Gasteiger partial charge < -0.3 is 15.4 Å². The summed E-state index contributed by atoms with van der Waals surface area (Å²) in [4.78, 5) is 11.5. The third-order valence-corrected chi connectivity index (χ3v) is 2.98. The topological polar surface area (TPSA) is 67.7 Å². The van der Waals surface area contributed by atoms with Crippen LogP contribution in [0.5, 0.6) is 0 Å². The van der Waals surface area contributed by atoms with Gasteiger partial charge in [0.15, 0.2) is 0 Å². The van der Waals surface area contributed by atoms with Crippen LogP contribution >= 0.6 is 0 Å². The summed E-state index contributed by atoms with van der Waals surface area (Å²) in [6, 6.07) is 5.97. The molecule has 0 radical (unpaired) electrons. The van der Waals surface area contributed by atoms with Crippen molar-refractivity contribution in [2.45, 2.75) is 13.0 Å². The van der Waals surface area contributed by atoms with E-state index >= 15 is 0 Å². The lowest BCUT2D eigenvalue weighted by Crippen LogP contribution is -2.29. The molecule has 2 aromatic rings. The maximum atomic E-state index is 11.5. The molecule has 20 heavy (non-hydrogen) atoms. The van der Waals surface area contributed by atoms with Gasteiger partial charge >= 0.3 is 0 Å². The number of nitrogens with one attached hydrogen (secondary N) is 2. The fourth-order valence-electron chi connectivity index (χ4n) is 1.93. The molecule has 0 atom stereocenters. The maximum Gasteiger partial charge on any atom is 0.221 e. The fraction of sp³-hybridized carbons (Fsp3) is 0.429. The van der Waals surface area contributed by atoms with Gasteiger partial charge in [-0.15, -0.1) is 0 Å². The molecule has 0 fully saturated rings. The second-order valence-electron chi connectivity index (χ2n) is 4.47. The SMILES string of the molecule is COCCNC(=O)CCNCc1cnn2ccccc12. The molecular weight excluding hydrogens is 256 g/mol. The average molecular weight is 276 g/mol. The molecule has 0 unspecified atom stereocenters. The van der Waals surface area contributed by atoms with Crippen LogP contribution in [0.15, 0.2) is 30.6 Å². The van der Waals surface area contributed by atoms with Crippen LogP contribution in [0.2, 0.25) is 0 Å². The summed E-state index contributed by atoms with van der Waals surface area (Å²) in [6.45, 7) is 2.45. The Labute approximate surface area is 118 Å². The normalized spacial score (nSPS) is 10.8. The van der Waals surface area contributed by atoms with Gasteiger partial charge in [0.1, 0.15) is 0 Å². The molecule has 108 valence electrons. The van der Waals surface area contributed by atoms with Crippen molar-refractivity contribution in [3.05, 3.63) is 36.2 Å². The molecule has 0 saturated carbocycles. The summed E-state index contributed by atoms with van der Waals surface area (Å²) in [7, 11) is 1.62. The number of hydrogen-bond donors (Lipinski definition) is 2. The first-order valence-corrected chi connectivity index (χ1v) is 6.69. The van der Waals surface area contributed by atoms with Crippen molar-refractivity contribution in [1.29, 1.82) is 0 Å². The van der Waals surface area contributed by atoms with Crippen molar-refractivity contribution in [1.82, 2.24) is 20.2 Å². The summed E-state index contributed by atoms with van der Waals surface area (Å²) in [5.41, 5.74) is 2.22. The van der Waals surface area contributed by atoms with E-state index in [1.165, 1.54) is 0 Å². The number of nitrogens with zero attached hydrogens (tertiary/aromatic N) is 2. The monoisotopic (exact) mass is 276 g/mol. The molecule has 2 rings (SSSR count). The van der Waals surface area contributed by atoms with Crippen molar-refractivity contribution in [3.8, 4) is 0 Å². The molecule has 1 amide bonds. The number of ether oxygens (including phenoxy) is 1. The molecule has 6 nitrogen and oxygen atoms in total. The Bertz CT molecular complexity index is 553. The van der Waals surface area contributed by atoms with Crippen LogP contribution in [-0.2, 0) is 16.1 Å². The standard InChI is InChI=1S/C14H20N4O2/c1-20-9-7-16-14(19)5-6-15-10-12-11-17-18-8-3-2-4-13(12)18/h2-4,8,11,15H,5-7,9-10H2,1H3,(H,16,19). The Morgan fingerprint density at radius 1 is 1.40 bits per heavy atom. The minimum atomic E-state index is 0.0365. The van der Waals surface area contributed by atoms with Gasteiger partial charge in [-0.05, 0) is 12.1 Å². The van der Waals surface area contributed by atoms with Gasteiger partial charge in [0.05, 0.1) is 18.3 Å². The number of fused-ring (bicyclic) bond motifs is 1. The van der Waals surface area contributed by atoms with Gasteiger partial charge in [0, 0.05) is 44.9 Å². The molecule has 0 aliphatic carbocycles. The minimum absolute atomic E-state index is 0.0365. The molecule has 2 heterocycles. The van der Waals surface area contributed by atoms with Gasteiger partial charge in [-0.1, -0.05) is 6.07 Å². The zero-order chi connectivity index (χ0) is 14.2. The molecule has 0 aromatic carbocycles. The smallest absolute Gasteiger partial charge is 0.221 e. The van der Waals surface area contributed by atoms with E-state index in [0.717, 1.165) is 11.1 Å². The number of hydrogen-bond acceptors (Lipinski definition) is 4. The van der Waals surface area contributed by atoms with Gasteiger partial charge in [-0.2, -0.15) is 5.10 Å². The molecule has 0 aliphatic heterocycles. The first-order chi connectivity index (χ1) is 9.81. The first-order valence-electron chi connectivity index (χ1n) is 6.69. The van der Waals surface area contributed by atoms with E-state index in [1.54, 1.807) is 7.11 Å². The van der Waals surface area contributed by atoms with E-state index in [1.807, 2.05) is 35.1 Å². The van der Waals surface area contributed by atoms with Crippen LogP contribution in [0.4, 0.5) is 0 Å². The third-order valence-electron chi connectivity index (χ3n) is 2.98. The highest BCUT2D eigenvalue weighted by Gasteiger charge is 2.03. The Hall–Kier alpha value is -1.92. The van der Waals surface area contributed by atoms with Crippen LogP contribution in [0.1, 0.15) is 12.0 Å². The third kappa shape index (κ3) is 4.04. The highest BCUT2D eigenvalue weighted by atomic mass is 16.5. The van der Waals surface area contributed by atoms with Crippen molar-refractivity contribution >= 4 is 11.4 Å². The largest absolute Gasteiger partial charge is 0.383 e. The molecule has 0 aliphatic rings. The Morgan fingerprint density at radius 2 is 2.30 bits per heavy atom. The van der Waals surface area contributed by atoms with Crippen LogP contribution in [0.3, 0.4) is 0 Å². The summed E-state index contributed by atoms with van der Waals surface area (Å²) in [6.07, 6.45) is 4.23. The lowest BCUT2D eigenvalue weighted by atomic mass is 10.2. The number of methoxy groups -OCH3 is 1. The van der Waals surface area contributed by atoms with E-state index in [9.17, 15) is 4.79 Å². The number of carbonyl (C=O) groups is 1. The van der Waals surface area contributed by atoms with E-state index in [2.05, 4.69) is 15.7 Å². The van der Waals surface area contributed by atoms with E-state index in [-0.39, 0.29) is 5.91 Å². The zero-order valence-corrected chi connectivity index (χ0v) is 11.6. The summed E-state index contributed by atoms with van der Waals surface area (Å²) < 4.78 is 6.71. The average Bonchev–Trinajstić information content (AvgIpc) is 2.87. The van der Waals surface area contributed by atoms with Crippen molar-refractivity contribution in [2.24, 2.45) is 0 Å². The first kappa shape index (κ1) is 14.5. The second-order valence-corrected chi connectivity index (χ2v) is 4.47. The highest BCUT2D eigenvalue weighted by Crippen LogP contribution is 2.08. The lowest BCUT2D eigenvalue weighted by molar-refractivity contribution is -0.121. The predicted molar refractivity (Wildman–Crippen MR) is 76.4 cm³/mol. The number of aromatic nitrogens is 2. The van der Waals surface area contributed by atoms with E-state index in [0.29, 0.717) is 32.7 Å². The van der Waals surface area contributed by atoms with Gasteiger partial charge in [0.25, 0.3) is 0 Å². The molecule has 0 saturated heterocycles. The van der Waals surface area contributed by atoms with Gasteiger partial charge in [0.2, 0.25) is 5.91 Å². The van der Waals surface area contributed by atoms with E-state index < -0.39 is 0 Å². The number of rotatable bonds is 8. The summed E-state index contributed by atoms with van der Waals surface area (Å²) in [5.74, 6) is 0.0365. The molecule has 0 bridgehead atoms. The second kappa shape index (κ2) is 7.62. The molecule has 2 aromatic heterocycles. The number of pyridine rings is 1. The zero-order valence-electron chi connectivity index (χ0n) is 11.6. The van der Waals surface area contributed by atoms with Gasteiger partial charge in [-0.25, -0.2) is 4.52 Å². The molecule has 2 N–H and O–H groups in total. The van der Waals surface area contributed by atoms with Crippen LogP contribution in [0.25, 0.3) is 5.52 Å². The molecular formula is C14H20N4O2. The molecule has 6 heteroatoms. The maximum absolute atomic E-state index is 11.5. The minimum Gasteiger partial charge on any atom is -0.383 e. The number of carbonyl (C=O) groups excluding carboxylic acids is 1. The van der Waals surface area contributed by atoms with Crippen LogP contribution in [-0.4, -0.2) is 42.3 Å². The van der Waals surface area contributed by atoms with E-state index in [4.69, 9.17) is 4.74 Å². The summed E-state index contributed by atoms with van der Waals surface area (Å²) >= 11 is 0. The Kier molecular flexibility index (Phi) is 5.52. The van der Waals surface area contributed by atoms with Gasteiger partial charge in [-0.3, -0.25) is 4.79 Å². The fourth-order valence-corrected chi connectivity index (χ4v) is 1.93.